The number of benzene rings is 1. The molecule has 4 aliphatic heterocycles. The maximum Gasteiger partial charge on any atom is 0.322 e. The lowest BCUT2D eigenvalue weighted by Gasteiger charge is -2.41. The highest BCUT2D eigenvalue weighted by Gasteiger charge is 2.36. The van der Waals surface area contributed by atoms with Crippen molar-refractivity contribution in [2.45, 2.75) is 76.0 Å². The molecule has 5 heterocycles. The van der Waals surface area contributed by atoms with E-state index in [1.165, 1.54) is 19.3 Å². The molecule has 3 saturated heterocycles. The molecule has 0 aliphatic carbocycles. The normalized spacial score (nSPS) is 21.1. The SMILES string of the molecule is Nc1c(Br)cc(C[C@H](NC(=O)N2CCC(N3Cc4sccc4NC3=O)CC2)C(=O)N2CCC(N3CCCCC3)CC2)cc1Br. The molecule has 0 spiro atoms. The van der Waals surface area contributed by atoms with E-state index in [2.05, 4.69) is 47.4 Å². The predicted octanol–water partition coefficient (Wildman–Crippen LogP) is 5.47. The van der Waals surface area contributed by atoms with Crippen LogP contribution in [0.25, 0.3) is 0 Å². The van der Waals surface area contributed by atoms with Crippen molar-refractivity contribution >= 4 is 72.5 Å². The Balaban J connectivity index is 1.09. The van der Waals surface area contributed by atoms with E-state index in [4.69, 9.17) is 5.73 Å². The summed E-state index contributed by atoms with van der Waals surface area (Å²) < 4.78 is 1.50. The van der Waals surface area contributed by atoms with E-state index in [9.17, 15) is 14.4 Å². The highest BCUT2D eigenvalue weighted by atomic mass is 79.9. The summed E-state index contributed by atoms with van der Waals surface area (Å²) in [5.41, 5.74) is 8.53. The van der Waals surface area contributed by atoms with Crippen LogP contribution in [0.1, 0.15) is 55.4 Å². The van der Waals surface area contributed by atoms with Gasteiger partial charge >= 0.3 is 12.1 Å². The van der Waals surface area contributed by atoms with Gasteiger partial charge in [-0.1, -0.05) is 6.42 Å². The zero-order chi connectivity index (χ0) is 30.8. The summed E-state index contributed by atoms with van der Waals surface area (Å²) in [7, 11) is 0. The van der Waals surface area contributed by atoms with E-state index in [-0.39, 0.29) is 24.0 Å². The number of carbonyl (C=O) groups excluding carboxylic acids is 3. The van der Waals surface area contributed by atoms with Crippen LogP contribution in [0.15, 0.2) is 32.5 Å². The van der Waals surface area contributed by atoms with Gasteiger partial charge in [0.05, 0.1) is 17.9 Å². The maximum atomic E-state index is 14.0. The van der Waals surface area contributed by atoms with Gasteiger partial charge in [-0.05, 0) is 113 Å². The van der Waals surface area contributed by atoms with Crippen LogP contribution in [-0.4, -0.2) is 95.0 Å². The van der Waals surface area contributed by atoms with Crippen LogP contribution >= 0.6 is 43.2 Å². The van der Waals surface area contributed by atoms with E-state index >= 15 is 0 Å². The van der Waals surface area contributed by atoms with E-state index in [0.717, 1.165) is 51.0 Å². The third-order valence-electron chi connectivity index (χ3n) is 9.61. The Morgan fingerprint density at radius 3 is 2.27 bits per heavy atom. The van der Waals surface area contributed by atoms with E-state index in [0.29, 0.717) is 63.7 Å². The van der Waals surface area contributed by atoms with Gasteiger partial charge in [-0.3, -0.25) is 4.79 Å². The molecule has 0 bridgehead atoms. The number of anilines is 2. The molecular weight excluding hydrogens is 710 g/mol. The molecule has 0 saturated carbocycles. The number of nitrogens with two attached hydrogens (primary N) is 1. The van der Waals surface area contributed by atoms with Crippen LogP contribution < -0.4 is 16.4 Å². The quantitative estimate of drug-likeness (QED) is 0.340. The van der Waals surface area contributed by atoms with Crippen molar-refractivity contribution in [3.8, 4) is 0 Å². The van der Waals surface area contributed by atoms with Crippen molar-refractivity contribution in [2.75, 3.05) is 50.3 Å². The molecule has 4 aliphatic rings. The highest BCUT2D eigenvalue weighted by Crippen LogP contribution is 2.32. The number of amides is 5. The largest absolute Gasteiger partial charge is 0.397 e. The van der Waals surface area contributed by atoms with Crippen LogP contribution in [0.2, 0.25) is 0 Å². The van der Waals surface area contributed by atoms with Gasteiger partial charge in [0.2, 0.25) is 5.91 Å². The summed E-state index contributed by atoms with van der Waals surface area (Å²) in [5.74, 6) is -0.0360. The molecule has 1 aromatic carbocycles. The second-order valence-electron chi connectivity index (χ2n) is 12.4. The third kappa shape index (κ3) is 7.05. The Bertz CT molecular complexity index is 1340. The topological polar surface area (TPSA) is 114 Å². The number of piperidine rings is 3. The molecule has 10 nitrogen and oxygen atoms in total. The molecular formula is C31H41Br2N7O3S. The van der Waals surface area contributed by atoms with Gasteiger partial charge in [0.1, 0.15) is 6.04 Å². The van der Waals surface area contributed by atoms with Gasteiger partial charge in [-0.25, -0.2) is 9.59 Å². The van der Waals surface area contributed by atoms with Crippen molar-refractivity contribution in [1.82, 2.24) is 24.9 Å². The molecule has 13 heteroatoms. The molecule has 2 aromatic rings. The van der Waals surface area contributed by atoms with Crippen molar-refractivity contribution in [3.05, 3.63) is 43.0 Å². The number of rotatable bonds is 6. The average Bonchev–Trinajstić information content (AvgIpc) is 3.50. The average molecular weight is 752 g/mol. The van der Waals surface area contributed by atoms with Gasteiger partial charge < -0.3 is 36.0 Å². The number of fused-ring (bicyclic) bond motifs is 1. The smallest absolute Gasteiger partial charge is 0.322 e. The fourth-order valence-electron chi connectivity index (χ4n) is 7.05. The Labute approximate surface area is 279 Å². The molecule has 0 radical (unpaired) electrons. The summed E-state index contributed by atoms with van der Waals surface area (Å²) in [4.78, 5) is 49.7. The summed E-state index contributed by atoms with van der Waals surface area (Å²) in [6.07, 6.45) is 7.53. The van der Waals surface area contributed by atoms with Gasteiger partial charge in [0.15, 0.2) is 0 Å². The van der Waals surface area contributed by atoms with Crippen molar-refractivity contribution in [2.24, 2.45) is 0 Å². The highest BCUT2D eigenvalue weighted by molar-refractivity contribution is 9.11. The van der Waals surface area contributed by atoms with E-state index < -0.39 is 6.04 Å². The fourth-order valence-corrected chi connectivity index (χ4v) is 9.16. The molecule has 6 rings (SSSR count). The summed E-state index contributed by atoms with van der Waals surface area (Å²) in [6, 6.07) is 5.38. The summed E-state index contributed by atoms with van der Waals surface area (Å²) in [5, 5.41) is 8.10. The first-order valence-corrected chi connectivity index (χ1v) is 18.2. The predicted molar refractivity (Wildman–Crippen MR) is 181 cm³/mol. The number of nitrogen functional groups attached to an aromatic ring is 1. The van der Waals surface area contributed by atoms with E-state index in [1.807, 2.05) is 33.4 Å². The Morgan fingerprint density at radius 1 is 0.955 bits per heavy atom. The molecule has 238 valence electrons. The van der Waals surface area contributed by atoms with Crippen LogP contribution in [0.4, 0.5) is 21.0 Å². The van der Waals surface area contributed by atoms with Gasteiger partial charge in [-0.15, -0.1) is 11.3 Å². The number of likely N-dealkylation sites (tertiary alicyclic amines) is 3. The van der Waals surface area contributed by atoms with Crippen LogP contribution in [-0.2, 0) is 17.8 Å². The first-order valence-electron chi connectivity index (χ1n) is 15.7. The van der Waals surface area contributed by atoms with Gasteiger partial charge in [0, 0.05) is 58.5 Å². The molecule has 1 aromatic heterocycles. The lowest BCUT2D eigenvalue weighted by atomic mass is 9.98. The number of carbonyl (C=O) groups is 3. The number of hydrogen-bond donors (Lipinski definition) is 3. The first kappa shape index (κ1) is 31.6. The minimum atomic E-state index is -0.695. The number of urea groups is 2. The van der Waals surface area contributed by atoms with Crippen molar-refractivity contribution in [3.63, 3.8) is 0 Å². The second kappa shape index (κ2) is 14.0. The van der Waals surface area contributed by atoms with Gasteiger partial charge in [0.25, 0.3) is 0 Å². The number of nitrogens with zero attached hydrogens (tertiary/aromatic N) is 4. The van der Waals surface area contributed by atoms with Gasteiger partial charge in [-0.2, -0.15) is 0 Å². The lowest BCUT2D eigenvalue weighted by molar-refractivity contribution is -0.134. The second-order valence-corrected chi connectivity index (χ2v) is 15.1. The molecule has 4 N–H and O–H groups in total. The minimum absolute atomic E-state index is 0.0360. The van der Waals surface area contributed by atoms with Crippen LogP contribution in [0.5, 0.6) is 0 Å². The molecule has 1 atom stereocenters. The Hall–Kier alpha value is -2.35. The number of thiophene rings is 1. The number of hydrogen-bond acceptors (Lipinski definition) is 6. The Kier molecular flexibility index (Phi) is 10.0. The first-order chi connectivity index (χ1) is 21.3. The molecule has 44 heavy (non-hydrogen) atoms. The zero-order valence-electron chi connectivity index (χ0n) is 24.9. The molecule has 3 fully saturated rings. The monoisotopic (exact) mass is 749 g/mol. The van der Waals surface area contributed by atoms with Crippen molar-refractivity contribution in [1.29, 1.82) is 0 Å². The fraction of sp³-hybridized carbons (Fsp3) is 0.581. The zero-order valence-corrected chi connectivity index (χ0v) is 28.9. The summed E-state index contributed by atoms with van der Waals surface area (Å²) in [6.45, 7) is 5.39. The third-order valence-corrected chi connectivity index (χ3v) is 11.8. The number of nitrogens with one attached hydrogen (secondary N) is 2. The molecule has 5 amide bonds. The maximum absolute atomic E-state index is 14.0. The van der Waals surface area contributed by atoms with Crippen LogP contribution in [0.3, 0.4) is 0 Å². The summed E-state index contributed by atoms with van der Waals surface area (Å²) >= 11 is 8.70. The number of halogens is 2. The van der Waals surface area contributed by atoms with Crippen LogP contribution in [0, 0.1) is 0 Å². The van der Waals surface area contributed by atoms with Crippen molar-refractivity contribution < 1.29 is 14.4 Å². The Morgan fingerprint density at radius 2 is 1.59 bits per heavy atom. The minimum Gasteiger partial charge on any atom is -0.397 e. The van der Waals surface area contributed by atoms with E-state index in [1.54, 1.807) is 16.2 Å². The standard InChI is InChI=1S/C31H41Br2N7O3S/c32-23-16-20(17-24(33)28(23)34)18-26(29(41)38-11-4-21(5-12-38)37-9-2-1-3-10-37)36-30(42)39-13-6-22(7-14-39)40-19-27-25(8-15-44-27)35-31(40)43/h8,15-17,21-22,26H,1-7,9-14,18-19,34H2,(H,35,43)(H,36,42)/t26-/m0/s1. The lowest BCUT2D eigenvalue weighted by Crippen LogP contribution is -2.57. The molecule has 0 unspecified atom stereocenters.